The molecule has 0 amide bonds. The lowest BCUT2D eigenvalue weighted by molar-refractivity contribution is 0.456. The Morgan fingerprint density at radius 2 is 1.95 bits per heavy atom. The number of halogens is 1. The van der Waals surface area contributed by atoms with E-state index < -0.39 is 0 Å². The van der Waals surface area contributed by atoms with Crippen LogP contribution >= 0.6 is 23.8 Å². The standard InChI is InChI=1S/C15H17ClN2S/c16-9-2-1-3-10(13(9)15(17)19)18-14-11-7-4-5-8(6-7)12(11)14/h1-3,7-8,11-12,14,18H,4-6H2,(H2,17,19). The monoisotopic (exact) mass is 292 g/mol. The second kappa shape index (κ2) is 4.10. The Balaban J connectivity index is 1.59. The quantitative estimate of drug-likeness (QED) is 0.838. The van der Waals surface area contributed by atoms with Gasteiger partial charge in [-0.25, -0.2) is 0 Å². The van der Waals surface area contributed by atoms with Crippen molar-refractivity contribution in [2.75, 3.05) is 5.32 Å². The van der Waals surface area contributed by atoms with Gasteiger partial charge in [0.1, 0.15) is 4.99 Å². The average molecular weight is 293 g/mol. The fourth-order valence-electron chi connectivity index (χ4n) is 4.59. The maximum Gasteiger partial charge on any atom is 0.107 e. The highest BCUT2D eigenvalue weighted by atomic mass is 35.5. The first kappa shape index (κ1) is 12.0. The Hall–Kier alpha value is -0.800. The summed E-state index contributed by atoms with van der Waals surface area (Å²) in [7, 11) is 0. The molecule has 3 fully saturated rings. The van der Waals surface area contributed by atoms with Crippen molar-refractivity contribution in [3.63, 3.8) is 0 Å². The zero-order valence-electron chi connectivity index (χ0n) is 10.6. The summed E-state index contributed by atoms with van der Waals surface area (Å²) in [6, 6.07) is 6.46. The molecular formula is C15H17ClN2S. The van der Waals surface area contributed by atoms with Crippen molar-refractivity contribution in [1.82, 2.24) is 0 Å². The average Bonchev–Trinajstić information content (AvgIpc) is 2.78. The van der Waals surface area contributed by atoms with Crippen molar-refractivity contribution >= 4 is 34.5 Å². The van der Waals surface area contributed by atoms with Crippen molar-refractivity contribution < 1.29 is 0 Å². The summed E-state index contributed by atoms with van der Waals surface area (Å²) < 4.78 is 0. The van der Waals surface area contributed by atoms with E-state index in [1.165, 1.54) is 19.3 Å². The van der Waals surface area contributed by atoms with Crippen LogP contribution in [0.2, 0.25) is 5.02 Å². The number of fused-ring (bicyclic) bond motifs is 5. The number of hydrogen-bond acceptors (Lipinski definition) is 2. The van der Waals surface area contributed by atoms with E-state index in [2.05, 4.69) is 5.32 Å². The molecule has 0 radical (unpaired) electrons. The maximum atomic E-state index is 6.21. The number of thiocarbonyl (C=S) groups is 1. The van der Waals surface area contributed by atoms with Gasteiger partial charge in [-0.2, -0.15) is 0 Å². The molecule has 19 heavy (non-hydrogen) atoms. The molecule has 2 bridgehead atoms. The smallest absolute Gasteiger partial charge is 0.107 e. The molecule has 3 saturated carbocycles. The molecule has 4 unspecified atom stereocenters. The number of hydrogen-bond donors (Lipinski definition) is 2. The van der Waals surface area contributed by atoms with E-state index >= 15 is 0 Å². The zero-order chi connectivity index (χ0) is 13.1. The molecule has 4 rings (SSSR count). The summed E-state index contributed by atoms with van der Waals surface area (Å²) >= 11 is 11.3. The molecule has 0 aliphatic heterocycles. The summed E-state index contributed by atoms with van der Waals surface area (Å²) in [4.78, 5) is 0.377. The molecule has 1 aromatic rings. The number of nitrogens with two attached hydrogens (primary N) is 1. The molecular weight excluding hydrogens is 276 g/mol. The Morgan fingerprint density at radius 3 is 2.58 bits per heavy atom. The molecule has 0 heterocycles. The minimum absolute atomic E-state index is 0.377. The maximum absolute atomic E-state index is 6.21. The Labute approximate surface area is 123 Å². The van der Waals surface area contributed by atoms with Gasteiger partial charge in [0.2, 0.25) is 0 Å². The largest absolute Gasteiger partial charge is 0.389 e. The van der Waals surface area contributed by atoms with Gasteiger partial charge in [0.05, 0.1) is 10.6 Å². The SMILES string of the molecule is NC(=S)c1c(Cl)cccc1NC1C2C3CCC(C3)C12. The first-order valence-corrected chi connectivity index (χ1v) is 7.80. The van der Waals surface area contributed by atoms with Crippen LogP contribution in [0.25, 0.3) is 0 Å². The summed E-state index contributed by atoms with van der Waals surface area (Å²) in [5.74, 6) is 3.69. The van der Waals surface area contributed by atoms with Crippen molar-refractivity contribution in [2.24, 2.45) is 29.4 Å². The van der Waals surface area contributed by atoms with Gasteiger partial charge in [-0.3, -0.25) is 0 Å². The summed E-state index contributed by atoms with van der Waals surface area (Å²) in [6.07, 6.45) is 4.33. The van der Waals surface area contributed by atoms with Crippen LogP contribution in [-0.4, -0.2) is 11.0 Å². The normalized spacial score (nSPS) is 38.1. The highest BCUT2D eigenvalue weighted by Gasteiger charge is 2.65. The predicted octanol–water partition coefficient (Wildman–Crippen LogP) is 3.43. The summed E-state index contributed by atoms with van der Waals surface area (Å²) in [6.45, 7) is 0. The molecule has 0 spiro atoms. The molecule has 100 valence electrons. The van der Waals surface area contributed by atoms with Crippen LogP contribution < -0.4 is 11.1 Å². The third-order valence-corrected chi connectivity index (χ3v) is 5.84. The lowest BCUT2D eigenvalue weighted by Gasteiger charge is -2.15. The Kier molecular flexibility index (Phi) is 2.58. The van der Waals surface area contributed by atoms with Crippen LogP contribution in [0, 0.1) is 23.7 Å². The van der Waals surface area contributed by atoms with Crippen LogP contribution in [0.3, 0.4) is 0 Å². The number of benzene rings is 1. The van der Waals surface area contributed by atoms with E-state index in [1.54, 1.807) is 0 Å². The van der Waals surface area contributed by atoms with E-state index in [4.69, 9.17) is 29.6 Å². The van der Waals surface area contributed by atoms with Gasteiger partial charge < -0.3 is 11.1 Å². The molecule has 1 aromatic carbocycles. The minimum atomic E-state index is 0.377. The van der Waals surface area contributed by atoms with Gasteiger partial charge in [0.25, 0.3) is 0 Å². The van der Waals surface area contributed by atoms with Crippen LogP contribution in [-0.2, 0) is 0 Å². The van der Waals surface area contributed by atoms with Crippen LogP contribution in [0.5, 0.6) is 0 Å². The number of nitrogens with one attached hydrogen (secondary N) is 1. The van der Waals surface area contributed by atoms with Crippen molar-refractivity contribution in [2.45, 2.75) is 25.3 Å². The van der Waals surface area contributed by atoms with Gasteiger partial charge in [0, 0.05) is 11.7 Å². The molecule has 4 heteroatoms. The molecule has 0 saturated heterocycles. The lowest BCUT2D eigenvalue weighted by atomic mass is 10.0. The number of anilines is 1. The van der Waals surface area contributed by atoms with E-state index in [0.717, 1.165) is 34.9 Å². The fourth-order valence-corrected chi connectivity index (χ4v) is 5.15. The molecule has 0 aromatic heterocycles. The first-order valence-electron chi connectivity index (χ1n) is 7.01. The van der Waals surface area contributed by atoms with Gasteiger partial charge in [-0.05, 0) is 55.1 Å². The van der Waals surface area contributed by atoms with Crippen LogP contribution in [0.4, 0.5) is 5.69 Å². The highest BCUT2D eigenvalue weighted by molar-refractivity contribution is 7.80. The van der Waals surface area contributed by atoms with Gasteiger partial charge in [-0.1, -0.05) is 29.9 Å². The predicted molar refractivity (Wildman–Crippen MR) is 82.6 cm³/mol. The molecule has 2 nitrogen and oxygen atoms in total. The third-order valence-electron chi connectivity index (χ3n) is 5.32. The molecule has 3 aliphatic rings. The topological polar surface area (TPSA) is 38.0 Å². The van der Waals surface area contributed by atoms with Crippen molar-refractivity contribution in [3.05, 3.63) is 28.8 Å². The van der Waals surface area contributed by atoms with Gasteiger partial charge >= 0.3 is 0 Å². The van der Waals surface area contributed by atoms with Crippen molar-refractivity contribution in [1.29, 1.82) is 0 Å². The van der Waals surface area contributed by atoms with Crippen molar-refractivity contribution in [3.8, 4) is 0 Å². The minimum Gasteiger partial charge on any atom is -0.389 e. The second-order valence-corrected chi connectivity index (χ2v) is 7.03. The molecule has 4 atom stereocenters. The van der Waals surface area contributed by atoms with Gasteiger partial charge in [-0.15, -0.1) is 0 Å². The summed E-state index contributed by atoms with van der Waals surface area (Å²) in [5, 5.41) is 4.30. The second-order valence-electron chi connectivity index (χ2n) is 6.18. The van der Waals surface area contributed by atoms with Crippen LogP contribution in [0.15, 0.2) is 18.2 Å². The van der Waals surface area contributed by atoms with E-state index in [9.17, 15) is 0 Å². The van der Waals surface area contributed by atoms with E-state index in [-0.39, 0.29) is 0 Å². The van der Waals surface area contributed by atoms with Crippen LogP contribution in [0.1, 0.15) is 24.8 Å². The lowest BCUT2D eigenvalue weighted by Crippen LogP contribution is -2.18. The fraction of sp³-hybridized carbons (Fsp3) is 0.533. The highest BCUT2D eigenvalue weighted by Crippen LogP contribution is 2.66. The first-order chi connectivity index (χ1) is 9.16. The Morgan fingerprint density at radius 1 is 1.26 bits per heavy atom. The zero-order valence-corrected chi connectivity index (χ0v) is 12.2. The third kappa shape index (κ3) is 1.71. The van der Waals surface area contributed by atoms with E-state index in [1.807, 2.05) is 18.2 Å². The number of rotatable bonds is 3. The molecule has 3 N–H and O–H groups in total. The molecule has 3 aliphatic carbocycles. The Bertz CT molecular complexity index is 543. The van der Waals surface area contributed by atoms with Gasteiger partial charge in [0.15, 0.2) is 0 Å². The summed E-state index contributed by atoms with van der Waals surface area (Å²) in [5.41, 5.74) is 7.62. The van der Waals surface area contributed by atoms with E-state index in [0.29, 0.717) is 16.1 Å².